The highest BCUT2D eigenvalue weighted by atomic mass is 35.5. The molecule has 0 radical (unpaired) electrons. The molecule has 1 unspecified atom stereocenters. The van der Waals surface area contributed by atoms with Crippen molar-refractivity contribution in [3.05, 3.63) is 58.7 Å². The van der Waals surface area contributed by atoms with Crippen LogP contribution in [0.15, 0.2) is 42.6 Å². The largest absolute Gasteiger partial charge is 0.381 e. The number of likely N-dealkylation sites (tertiary alicyclic amines) is 1. The molecule has 0 amide bonds. The van der Waals surface area contributed by atoms with E-state index in [0.29, 0.717) is 16.6 Å². The maximum absolute atomic E-state index is 11.4. The van der Waals surface area contributed by atoms with Crippen molar-refractivity contribution in [2.45, 2.75) is 31.2 Å². The van der Waals surface area contributed by atoms with Crippen LogP contribution in [0.2, 0.25) is 5.02 Å². The quantitative estimate of drug-likeness (QED) is 0.554. The summed E-state index contributed by atoms with van der Waals surface area (Å²) in [5.41, 5.74) is 3.70. The lowest BCUT2D eigenvalue weighted by Gasteiger charge is -2.33. The van der Waals surface area contributed by atoms with Crippen molar-refractivity contribution in [1.29, 1.82) is 0 Å². The number of sulfonamides is 1. The Bertz CT molecular complexity index is 1120. The summed E-state index contributed by atoms with van der Waals surface area (Å²) in [5.74, 6) is -0.250. The van der Waals surface area contributed by atoms with E-state index in [0.717, 1.165) is 54.6 Å². The lowest BCUT2D eigenvalue weighted by atomic mass is 10.0. The molecule has 3 aromatic rings. The predicted octanol–water partition coefficient (Wildman–Crippen LogP) is 3.08. The molecule has 0 aliphatic carbocycles. The average molecular weight is 434 g/mol. The van der Waals surface area contributed by atoms with Crippen molar-refractivity contribution < 1.29 is 8.42 Å². The summed E-state index contributed by atoms with van der Waals surface area (Å²) in [6.45, 7) is 2.66. The number of halogens is 1. The summed E-state index contributed by atoms with van der Waals surface area (Å²) in [6.07, 6.45) is 4.04. The molecule has 1 atom stereocenters. The first kappa shape index (κ1) is 20.2. The van der Waals surface area contributed by atoms with Crippen molar-refractivity contribution in [1.82, 2.24) is 15.1 Å². The van der Waals surface area contributed by atoms with Crippen molar-refractivity contribution in [2.75, 3.05) is 18.4 Å². The minimum atomic E-state index is -3.62. The zero-order valence-electron chi connectivity index (χ0n) is 15.9. The van der Waals surface area contributed by atoms with Gasteiger partial charge in [0.1, 0.15) is 0 Å². The second-order valence-corrected chi connectivity index (χ2v) is 9.65. The van der Waals surface area contributed by atoms with Crippen LogP contribution in [0.25, 0.3) is 10.9 Å². The molecule has 4 N–H and O–H groups in total. The highest BCUT2D eigenvalue weighted by Crippen LogP contribution is 2.23. The van der Waals surface area contributed by atoms with Crippen LogP contribution in [-0.2, 0) is 22.3 Å². The Morgan fingerprint density at radius 2 is 2.14 bits per heavy atom. The molecule has 29 heavy (non-hydrogen) atoms. The van der Waals surface area contributed by atoms with Gasteiger partial charge < -0.3 is 5.32 Å². The van der Waals surface area contributed by atoms with Crippen LogP contribution in [0.4, 0.5) is 5.69 Å². The molecule has 0 bridgehead atoms. The Labute approximate surface area is 175 Å². The van der Waals surface area contributed by atoms with E-state index in [2.05, 4.69) is 32.5 Å². The molecule has 4 rings (SSSR count). The molecule has 1 aliphatic rings. The third-order valence-electron chi connectivity index (χ3n) is 5.19. The fraction of sp³-hybridized carbons (Fsp3) is 0.350. The molecule has 2 heterocycles. The van der Waals surface area contributed by atoms with Crippen LogP contribution in [0.1, 0.15) is 24.0 Å². The lowest BCUT2D eigenvalue weighted by molar-refractivity contribution is 0.208. The summed E-state index contributed by atoms with van der Waals surface area (Å²) in [7, 11) is -3.62. The average Bonchev–Trinajstić information content (AvgIpc) is 3.11. The molecule has 0 spiro atoms. The fourth-order valence-electron chi connectivity index (χ4n) is 3.90. The molecule has 9 heteroatoms. The van der Waals surface area contributed by atoms with Gasteiger partial charge in [-0.2, -0.15) is 5.10 Å². The topological polar surface area (TPSA) is 104 Å². The number of hydrogen-bond acceptors (Lipinski definition) is 5. The van der Waals surface area contributed by atoms with Gasteiger partial charge in [-0.05, 0) is 54.8 Å². The monoisotopic (exact) mass is 433 g/mol. The second kappa shape index (κ2) is 8.31. The van der Waals surface area contributed by atoms with Crippen molar-refractivity contribution >= 4 is 38.2 Å². The van der Waals surface area contributed by atoms with Gasteiger partial charge in [0.25, 0.3) is 0 Å². The van der Waals surface area contributed by atoms with Gasteiger partial charge in [-0.25, -0.2) is 13.6 Å². The van der Waals surface area contributed by atoms with Gasteiger partial charge in [0, 0.05) is 35.2 Å². The molecule has 0 saturated carbocycles. The first-order valence-corrected chi connectivity index (χ1v) is 11.6. The number of nitrogens with zero attached hydrogens (tertiary/aromatic N) is 2. The fourth-order valence-corrected chi connectivity index (χ4v) is 4.83. The minimum Gasteiger partial charge on any atom is -0.381 e. The van der Waals surface area contributed by atoms with Crippen LogP contribution in [0, 0.1) is 0 Å². The third-order valence-corrected chi connectivity index (χ3v) is 6.27. The number of primary sulfonamides is 1. The summed E-state index contributed by atoms with van der Waals surface area (Å²) >= 11 is 6.14. The van der Waals surface area contributed by atoms with Gasteiger partial charge in [-0.1, -0.05) is 23.7 Å². The Balaban J connectivity index is 1.41. The number of rotatable bonds is 6. The summed E-state index contributed by atoms with van der Waals surface area (Å²) < 4.78 is 22.9. The summed E-state index contributed by atoms with van der Waals surface area (Å²) in [5, 5.41) is 17.4. The lowest BCUT2D eigenvalue weighted by Crippen LogP contribution is -2.41. The zero-order chi connectivity index (χ0) is 20.4. The van der Waals surface area contributed by atoms with Gasteiger partial charge in [0.05, 0.1) is 17.5 Å². The van der Waals surface area contributed by atoms with Crippen LogP contribution in [0.5, 0.6) is 0 Å². The van der Waals surface area contributed by atoms with E-state index in [1.54, 1.807) is 6.07 Å². The number of aromatic amines is 1. The van der Waals surface area contributed by atoms with Crippen molar-refractivity contribution in [2.24, 2.45) is 5.14 Å². The van der Waals surface area contributed by atoms with E-state index in [9.17, 15) is 8.42 Å². The maximum atomic E-state index is 11.4. The van der Waals surface area contributed by atoms with Crippen LogP contribution >= 0.6 is 11.6 Å². The van der Waals surface area contributed by atoms with Crippen molar-refractivity contribution in [3.8, 4) is 0 Å². The SMILES string of the molecule is NS(=O)(=O)Cc1cc(CN2CCCC(Nc3ccc4[nH]ncc4c3)C2)ccc1Cl. The van der Waals surface area contributed by atoms with Gasteiger partial charge >= 0.3 is 0 Å². The summed E-state index contributed by atoms with van der Waals surface area (Å²) in [4.78, 5) is 2.38. The van der Waals surface area contributed by atoms with Gasteiger partial charge in [-0.15, -0.1) is 0 Å². The third kappa shape index (κ3) is 5.27. The van der Waals surface area contributed by atoms with Crippen molar-refractivity contribution in [3.63, 3.8) is 0 Å². The van der Waals surface area contributed by atoms with E-state index in [-0.39, 0.29) is 5.75 Å². The number of anilines is 1. The van der Waals surface area contributed by atoms with Crippen LogP contribution in [-0.4, -0.2) is 42.6 Å². The predicted molar refractivity (Wildman–Crippen MR) is 116 cm³/mol. The normalized spacial score (nSPS) is 18.2. The Kier molecular flexibility index (Phi) is 5.78. The van der Waals surface area contributed by atoms with E-state index in [1.807, 2.05) is 24.4 Å². The molecule has 1 aromatic heterocycles. The number of benzene rings is 2. The molecule has 1 saturated heterocycles. The Hall–Kier alpha value is -2.13. The number of piperidine rings is 1. The number of fused-ring (bicyclic) bond motifs is 1. The minimum absolute atomic E-state index is 0.250. The number of nitrogens with two attached hydrogens (primary N) is 1. The van der Waals surface area contributed by atoms with Gasteiger partial charge in [-0.3, -0.25) is 10.00 Å². The second-order valence-electron chi connectivity index (χ2n) is 7.62. The first-order chi connectivity index (χ1) is 13.9. The van der Waals surface area contributed by atoms with E-state index in [4.69, 9.17) is 16.7 Å². The van der Waals surface area contributed by atoms with Crippen LogP contribution in [0.3, 0.4) is 0 Å². The van der Waals surface area contributed by atoms with E-state index < -0.39 is 10.0 Å². The standard InChI is InChI=1S/C20H24ClN5O2S/c21-19-5-3-14(8-16(19)13-29(22,27)28)11-26-7-1-2-18(12-26)24-17-4-6-20-15(9-17)10-23-25-20/h3-6,8-10,18,24H,1-2,7,11-13H2,(H,23,25)(H2,22,27,28). The molecular weight excluding hydrogens is 410 g/mol. The van der Waals surface area contributed by atoms with Gasteiger partial charge in [0.2, 0.25) is 10.0 Å². The molecular formula is C20H24ClN5O2S. The zero-order valence-corrected chi connectivity index (χ0v) is 17.5. The molecule has 2 aromatic carbocycles. The molecule has 1 fully saturated rings. The van der Waals surface area contributed by atoms with E-state index >= 15 is 0 Å². The molecule has 1 aliphatic heterocycles. The van der Waals surface area contributed by atoms with E-state index in [1.165, 1.54) is 0 Å². The number of aromatic nitrogens is 2. The maximum Gasteiger partial charge on any atom is 0.213 e. The summed E-state index contributed by atoms with van der Waals surface area (Å²) in [6, 6.07) is 12.1. The first-order valence-electron chi connectivity index (χ1n) is 9.55. The number of nitrogens with one attached hydrogen (secondary N) is 2. The Morgan fingerprint density at radius 3 is 2.97 bits per heavy atom. The number of H-pyrrole nitrogens is 1. The molecule has 154 valence electrons. The smallest absolute Gasteiger partial charge is 0.213 e. The molecule has 7 nitrogen and oxygen atoms in total. The highest BCUT2D eigenvalue weighted by Gasteiger charge is 2.20. The van der Waals surface area contributed by atoms with Gasteiger partial charge in [0.15, 0.2) is 0 Å². The highest BCUT2D eigenvalue weighted by molar-refractivity contribution is 7.88. The van der Waals surface area contributed by atoms with Crippen LogP contribution < -0.4 is 10.5 Å². The Morgan fingerprint density at radius 1 is 1.28 bits per heavy atom. The number of hydrogen-bond donors (Lipinski definition) is 3.